The van der Waals surface area contributed by atoms with Gasteiger partial charge in [0.25, 0.3) is 0 Å². The van der Waals surface area contributed by atoms with Crippen molar-refractivity contribution in [3.05, 3.63) is 51.8 Å². The summed E-state index contributed by atoms with van der Waals surface area (Å²) in [6.45, 7) is 4.21. The third kappa shape index (κ3) is 2.68. The number of carbonyl (C=O) groups is 1. The molecule has 0 atom stereocenters. The van der Waals surface area contributed by atoms with Gasteiger partial charge in [-0.25, -0.2) is 9.67 Å². The SMILES string of the molecule is COc1ccc(Cn2nc(C)c3c(Cl)c(C=O)c(C)nc32)cc1. The summed E-state index contributed by atoms with van der Waals surface area (Å²) in [7, 11) is 1.64. The van der Waals surface area contributed by atoms with Crippen LogP contribution in [0, 0.1) is 13.8 Å². The highest BCUT2D eigenvalue weighted by molar-refractivity contribution is 6.37. The number of fused-ring (bicyclic) bond motifs is 1. The monoisotopic (exact) mass is 329 g/mol. The number of rotatable bonds is 4. The summed E-state index contributed by atoms with van der Waals surface area (Å²) in [6, 6.07) is 7.78. The average molecular weight is 330 g/mol. The van der Waals surface area contributed by atoms with Crippen LogP contribution in [-0.4, -0.2) is 28.2 Å². The number of halogens is 1. The first-order chi connectivity index (χ1) is 11.0. The van der Waals surface area contributed by atoms with Crippen molar-refractivity contribution in [1.29, 1.82) is 0 Å². The van der Waals surface area contributed by atoms with Gasteiger partial charge >= 0.3 is 0 Å². The fourth-order valence-electron chi connectivity index (χ4n) is 2.60. The second-order valence-electron chi connectivity index (χ2n) is 5.33. The van der Waals surface area contributed by atoms with Crippen molar-refractivity contribution in [2.24, 2.45) is 0 Å². The van der Waals surface area contributed by atoms with Crippen molar-refractivity contribution in [3.63, 3.8) is 0 Å². The molecule has 0 saturated heterocycles. The molecule has 0 bridgehead atoms. The minimum Gasteiger partial charge on any atom is -0.497 e. The molecule has 0 amide bonds. The largest absolute Gasteiger partial charge is 0.497 e. The molecule has 0 spiro atoms. The third-order valence-corrected chi connectivity index (χ3v) is 4.22. The van der Waals surface area contributed by atoms with Crippen LogP contribution >= 0.6 is 11.6 Å². The summed E-state index contributed by atoms with van der Waals surface area (Å²) in [5.41, 5.74) is 3.55. The number of hydrogen-bond acceptors (Lipinski definition) is 4. The number of nitrogens with zero attached hydrogens (tertiary/aromatic N) is 3. The molecule has 2 aromatic heterocycles. The number of aromatic nitrogens is 3. The Morgan fingerprint density at radius 2 is 1.91 bits per heavy atom. The lowest BCUT2D eigenvalue weighted by Gasteiger charge is -2.07. The van der Waals surface area contributed by atoms with E-state index >= 15 is 0 Å². The maximum atomic E-state index is 11.2. The molecular weight excluding hydrogens is 314 g/mol. The van der Waals surface area contributed by atoms with Gasteiger partial charge in [0.2, 0.25) is 0 Å². The van der Waals surface area contributed by atoms with Crippen molar-refractivity contribution in [3.8, 4) is 5.75 Å². The van der Waals surface area contributed by atoms with Crippen LogP contribution in [0.15, 0.2) is 24.3 Å². The highest BCUT2D eigenvalue weighted by atomic mass is 35.5. The summed E-state index contributed by atoms with van der Waals surface area (Å²) in [5, 5.41) is 5.67. The molecular formula is C17H16ClN3O2. The van der Waals surface area contributed by atoms with Crippen molar-refractivity contribution in [2.45, 2.75) is 20.4 Å². The predicted molar refractivity (Wildman–Crippen MR) is 89.5 cm³/mol. The van der Waals surface area contributed by atoms with Crippen molar-refractivity contribution in [1.82, 2.24) is 14.8 Å². The molecule has 118 valence electrons. The van der Waals surface area contributed by atoms with Gasteiger partial charge in [0.15, 0.2) is 11.9 Å². The highest BCUT2D eigenvalue weighted by Gasteiger charge is 2.17. The van der Waals surface area contributed by atoms with E-state index in [9.17, 15) is 4.79 Å². The summed E-state index contributed by atoms with van der Waals surface area (Å²) in [4.78, 5) is 15.7. The first-order valence-corrected chi connectivity index (χ1v) is 7.54. The number of carbonyl (C=O) groups excluding carboxylic acids is 1. The first-order valence-electron chi connectivity index (χ1n) is 7.16. The molecule has 0 aliphatic carbocycles. The molecule has 2 heterocycles. The Balaban J connectivity index is 2.09. The Morgan fingerprint density at radius 3 is 2.52 bits per heavy atom. The molecule has 3 rings (SSSR count). The Labute approximate surface area is 138 Å². The minimum atomic E-state index is 0.418. The third-order valence-electron chi connectivity index (χ3n) is 3.83. The summed E-state index contributed by atoms with van der Waals surface area (Å²) in [5.74, 6) is 0.808. The summed E-state index contributed by atoms with van der Waals surface area (Å²) in [6.07, 6.45) is 0.740. The second-order valence-corrected chi connectivity index (χ2v) is 5.71. The number of pyridine rings is 1. The van der Waals surface area contributed by atoms with Gasteiger partial charge in [0.05, 0.1) is 41.0 Å². The van der Waals surface area contributed by atoms with E-state index in [0.717, 1.165) is 28.7 Å². The summed E-state index contributed by atoms with van der Waals surface area (Å²) < 4.78 is 6.97. The maximum absolute atomic E-state index is 11.2. The van der Waals surface area contributed by atoms with Gasteiger partial charge in [-0.05, 0) is 31.5 Å². The Hall–Kier alpha value is -2.40. The van der Waals surface area contributed by atoms with Gasteiger partial charge in [0, 0.05) is 0 Å². The lowest BCUT2D eigenvalue weighted by atomic mass is 10.1. The highest BCUT2D eigenvalue weighted by Crippen LogP contribution is 2.30. The van der Waals surface area contributed by atoms with E-state index in [1.54, 1.807) is 18.7 Å². The van der Waals surface area contributed by atoms with Gasteiger partial charge in [-0.2, -0.15) is 5.10 Å². The molecule has 0 aliphatic heterocycles. The first kappa shape index (κ1) is 15.5. The van der Waals surface area contributed by atoms with Crippen LogP contribution in [0.4, 0.5) is 0 Å². The molecule has 0 fully saturated rings. The minimum absolute atomic E-state index is 0.418. The van der Waals surface area contributed by atoms with Gasteiger partial charge in [0.1, 0.15) is 5.75 Å². The standard InChI is InChI=1S/C17H16ClN3O2/c1-10-14(9-22)16(18)15-11(2)20-21(17(15)19-10)8-12-4-6-13(23-3)7-5-12/h4-7,9H,8H2,1-3H3. The van der Waals surface area contributed by atoms with E-state index in [1.807, 2.05) is 31.2 Å². The number of methoxy groups -OCH3 is 1. The number of aldehydes is 1. The van der Waals surface area contributed by atoms with Crippen LogP contribution in [0.3, 0.4) is 0 Å². The van der Waals surface area contributed by atoms with Crippen LogP contribution in [0.2, 0.25) is 5.02 Å². The maximum Gasteiger partial charge on any atom is 0.160 e. The zero-order valence-electron chi connectivity index (χ0n) is 13.1. The van der Waals surface area contributed by atoms with E-state index in [-0.39, 0.29) is 0 Å². The molecule has 3 aromatic rings. The zero-order chi connectivity index (χ0) is 16.6. The van der Waals surface area contributed by atoms with Crippen molar-refractivity contribution >= 4 is 28.9 Å². The molecule has 6 heteroatoms. The number of ether oxygens (including phenoxy) is 1. The zero-order valence-corrected chi connectivity index (χ0v) is 13.9. The normalized spacial score (nSPS) is 11.0. The van der Waals surface area contributed by atoms with E-state index < -0.39 is 0 Å². The lowest BCUT2D eigenvalue weighted by Crippen LogP contribution is -2.04. The number of benzene rings is 1. The Kier molecular flexibility index (Phi) is 4.05. The Bertz CT molecular complexity index is 885. The van der Waals surface area contributed by atoms with Crippen molar-refractivity contribution in [2.75, 3.05) is 7.11 Å². The molecule has 0 radical (unpaired) electrons. The molecule has 0 aliphatic rings. The van der Waals surface area contributed by atoms with Gasteiger partial charge in [-0.15, -0.1) is 0 Å². The van der Waals surface area contributed by atoms with E-state index in [0.29, 0.717) is 28.5 Å². The quantitative estimate of drug-likeness (QED) is 0.687. The van der Waals surface area contributed by atoms with Gasteiger partial charge in [-0.1, -0.05) is 23.7 Å². The fraction of sp³-hybridized carbons (Fsp3) is 0.235. The van der Waals surface area contributed by atoms with Gasteiger partial charge in [-0.3, -0.25) is 4.79 Å². The van der Waals surface area contributed by atoms with Crippen LogP contribution < -0.4 is 4.74 Å². The van der Waals surface area contributed by atoms with E-state index in [1.165, 1.54) is 0 Å². The molecule has 5 nitrogen and oxygen atoms in total. The molecule has 1 aromatic carbocycles. The number of hydrogen-bond donors (Lipinski definition) is 0. The van der Waals surface area contributed by atoms with Crippen molar-refractivity contribution < 1.29 is 9.53 Å². The van der Waals surface area contributed by atoms with Crippen LogP contribution in [0.25, 0.3) is 11.0 Å². The smallest absolute Gasteiger partial charge is 0.160 e. The predicted octanol–water partition coefficient (Wildman–Crippen LogP) is 3.57. The lowest BCUT2D eigenvalue weighted by molar-refractivity contribution is 0.112. The van der Waals surface area contributed by atoms with E-state index in [4.69, 9.17) is 16.3 Å². The van der Waals surface area contributed by atoms with E-state index in [2.05, 4.69) is 10.1 Å². The van der Waals surface area contributed by atoms with Gasteiger partial charge < -0.3 is 4.74 Å². The van der Waals surface area contributed by atoms with Crippen LogP contribution in [0.1, 0.15) is 27.3 Å². The average Bonchev–Trinajstić information content (AvgIpc) is 2.84. The molecule has 0 N–H and O–H groups in total. The Morgan fingerprint density at radius 1 is 1.22 bits per heavy atom. The molecule has 23 heavy (non-hydrogen) atoms. The molecule has 0 saturated carbocycles. The second kappa shape index (κ2) is 6.01. The fourth-order valence-corrected chi connectivity index (χ4v) is 3.01. The summed E-state index contributed by atoms with van der Waals surface area (Å²) >= 11 is 6.37. The topological polar surface area (TPSA) is 57.0 Å². The number of aryl methyl sites for hydroxylation is 2. The van der Waals surface area contributed by atoms with Crippen LogP contribution in [-0.2, 0) is 6.54 Å². The molecule has 0 unspecified atom stereocenters. The van der Waals surface area contributed by atoms with Crippen LogP contribution in [0.5, 0.6) is 5.75 Å².